The van der Waals surface area contributed by atoms with E-state index >= 15 is 0 Å². The fourth-order valence-corrected chi connectivity index (χ4v) is 3.95. The summed E-state index contributed by atoms with van der Waals surface area (Å²) in [6.45, 7) is 0. The number of ether oxygens (including phenoxy) is 1. The summed E-state index contributed by atoms with van der Waals surface area (Å²) < 4.78 is 4.98. The molecule has 0 amide bonds. The molecular formula is C19H9Cl6NO2. The highest BCUT2D eigenvalue weighted by molar-refractivity contribution is 6.45. The maximum absolute atomic E-state index is 12.7. The van der Waals surface area contributed by atoms with Crippen LogP contribution in [0.25, 0.3) is 22.3 Å². The van der Waals surface area contributed by atoms with Gasteiger partial charge in [-0.15, -0.1) is 0 Å². The third-order valence-corrected chi connectivity index (χ3v) is 6.01. The van der Waals surface area contributed by atoms with E-state index in [9.17, 15) is 4.79 Å². The van der Waals surface area contributed by atoms with Gasteiger partial charge in [-0.25, -0.2) is 4.79 Å². The Balaban J connectivity index is 2.37. The Bertz CT molecular complexity index is 1020. The van der Waals surface area contributed by atoms with Crippen molar-refractivity contribution in [2.75, 3.05) is 7.11 Å². The van der Waals surface area contributed by atoms with Crippen molar-refractivity contribution in [3.63, 3.8) is 0 Å². The van der Waals surface area contributed by atoms with Crippen molar-refractivity contribution in [1.82, 2.24) is 4.98 Å². The van der Waals surface area contributed by atoms with Crippen molar-refractivity contribution in [3.05, 3.63) is 72.4 Å². The van der Waals surface area contributed by atoms with Gasteiger partial charge in [0.1, 0.15) is 0 Å². The minimum atomic E-state index is -0.614. The van der Waals surface area contributed by atoms with E-state index in [4.69, 9.17) is 74.3 Å². The van der Waals surface area contributed by atoms with Crippen molar-refractivity contribution >= 4 is 75.6 Å². The number of methoxy groups -OCH3 is 1. The molecule has 1 heterocycles. The van der Waals surface area contributed by atoms with E-state index in [2.05, 4.69) is 4.98 Å². The zero-order valence-corrected chi connectivity index (χ0v) is 18.5. The van der Waals surface area contributed by atoms with Crippen molar-refractivity contribution in [1.29, 1.82) is 0 Å². The van der Waals surface area contributed by atoms with Crippen LogP contribution in [0.5, 0.6) is 0 Å². The number of rotatable bonds is 3. The molecule has 9 heteroatoms. The summed E-state index contributed by atoms with van der Waals surface area (Å²) in [5, 5.41) is 1.69. The number of pyridine rings is 1. The van der Waals surface area contributed by atoms with E-state index in [0.717, 1.165) is 0 Å². The van der Waals surface area contributed by atoms with Crippen LogP contribution in [0.15, 0.2) is 36.7 Å². The minimum Gasteiger partial charge on any atom is -0.465 e. The van der Waals surface area contributed by atoms with Crippen LogP contribution in [0.2, 0.25) is 30.1 Å². The summed E-state index contributed by atoms with van der Waals surface area (Å²) in [7, 11) is 1.27. The third-order valence-electron chi connectivity index (χ3n) is 3.94. The van der Waals surface area contributed by atoms with Gasteiger partial charge in [-0.1, -0.05) is 69.6 Å². The largest absolute Gasteiger partial charge is 0.465 e. The monoisotopic (exact) mass is 493 g/mol. The van der Waals surface area contributed by atoms with Crippen LogP contribution in [-0.4, -0.2) is 18.1 Å². The van der Waals surface area contributed by atoms with E-state index in [1.54, 1.807) is 12.1 Å². The zero-order chi connectivity index (χ0) is 20.6. The Kier molecular flexibility index (Phi) is 6.65. The molecule has 0 N–H and O–H groups in total. The molecule has 0 fully saturated rings. The van der Waals surface area contributed by atoms with Crippen LogP contribution in [0.3, 0.4) is 0 Å². The van der Waals surface area contributed by atoms with Gasteiger partial charge in [0.15, 0.2) is 0 Å². The normalized spacial score (nSPS) is 10.8. The molecule has 3 rings (SSSR count). The predicted molar refractivity (Wildman–Crippen MR) is 117 cm³/mol. The van der Waals surface area contributed by atoms with E-state index in [0.29, 0.717) is 32.3 Å². The van der Waals surface area contributed by atoms with Gasteiger partial charge in [0.25, 0.3) is 0 Å². The van der Waals surface area contributed by atoms with Gasteiger partial charge in [-0.05, 0) is 24.3 Å². The molecule has 1 aromatic heterocycles. The number of hydrogen-bond acceptors (Lipinski definition) is 3. The first-order valence-electron chi connectivity index (χ1n) is 7.60. The van der Waals surface area contributed by atoms with Crippen LogP contribution < -0.4 is 0 Å². The molecule has 0 unspecified atom stereocenters. The molecule has 3 nitrogen and oxygen atoms in total. The average Bonchev–Trinajstić information content (AvgIpc) is 2.66. The lowest BCUT2D eigenvalue weighted by Gasteiger charge is -2.16. The molecule has 0 bridgehead atoms. The van der Waals surface area contributed by atoms with Gasteiger partial charge in [-0.2, -0.15) is 0 Å². The molecule has 0 saturated heterocycles. The summed E-state index contributed by atoms with van der Waals surface area (Å²) >= 11 is 37.0. The molecule has 0 aliphatic carbocycles. The second-order valence-electron chi connectivity index (χ2n) is 5.59. The second kappa shape index (κ2) is 8.66. The number of halogens is 6. The van der Waals surface area contributed by atoms with Gasteiger partial charge in [0, 0.05) is 34.6 Å². The predicted octanol–water partition coefficient (Wildman–Crippen LogP) is 8.12. The van der Waals surface area contributed by atoms with Crippen LogP contribution in [-0.2, 0) is 4.74 Å². The maximum atomic E-state index is 12.7. The Hall–Kier alpha value is -1.20. The number of nitrogens with zero attached hydrogens (tertiary/aromatic N) is 1. The number of hydrogen-bond donors (Lipinski definition) is 0. The van der Waals surface area contributed by atoms with Gasteiger partial charge in [0.2, 0.25) is 0 Å². The standard InChI is InChI=1S/C19H9Cl6NO2/c1-28-19(27)18-10(8-2-14(22)16(24)4-12(8)20)6-26-7-11(18)9-3-15(23)17(25)5-13(9)21/h2-7H,1H3. The molecule has 28 heavy (non-hydrogen) atoms. The lowest BCUT2D eigenvalue weighted by molar-refractivity contribution is 0.0602. The van der Waals surface area contributed by atoms with Crippen molar-refractivity contribution in [3.8, 4) is 22.3 Å². The highest BCUT2D eigenvalue weighted by Gasteiger charge is 2.24. The summed E-state index contributed by atoms with van der Waals surface area (Å²) in [5.41, 5.74) is 1.91. The second-order valence-corrected chi connectivity index (χ2v) is 8.04. The van der Waals surface area contributed by atoms with E-state index < -0.39 is 5.97 Å². The van der Waals surface area contributed by atoms with Gasteiger partial charge in [-0.3, -0.25) is 4.98 Å². The molecule has 2 aromatic carbocycles. The van der Waals surface area contributed by atoms with Crippen LogP contribution in [0, 0.1) is 0 Å². The highest BCUT2D eigenvalue weighted by atomic mass is 35.5. The van der Waals surface area contributed by atoms with Crippen molar-refractivity contribution in [2.24, 2.45) is 0 Å². The zero-order valence-electron chi connectivity index (χ0n) is 14.0. The molecule has 144 valence electrons. The minimum absolute atomic E-state index is 0.193. The Morgan fingerprint density at radius 2 is 1.07 bits per heavy atom. The number of benzene rings is 2. The number of esters is 1. The van der Waals surface area contributed by atoms with Gasteiger partial charge >= 0.3 is 5.97 Å². The lowest BCUT2D eigenvalue weighted by Crippen LogP contribution is -2.07. The molecular weight excluding hydrogens is 487 g/mol. The summed E-state index contributed by atoms with van der Waals surface area (Å²) in [6.07, 6.45) is 2.96. The first kappa shape index (κ1) is 21.5. The Morgan fingerprint density at radius 3 is 1.46 bits per heavy atom. The first-order valence-corrected chi connectivity index (χ1v) is 9.87. The molecule has 0 aliphatic rings. The smallest absolute Gasteiger partial charge is 0.339 e. The fraction of sp³-hybridized carbons (Fsp3) is 0.0526. The summed E-state index contributed by atoms with van der Waals surface area (Å²) in [4.78, 5) is 16.9. The van der Waals surface area contributed by atoms with Gasteiger partial charge < -0.3 is 4.74 Å². The molecule has 0 atom stereocenters. The Morgan fingerprint density at radius 1 is 0.679 bits per heavy atom. The average molecular weight is 496 g/mol. The van der Waals surface area contributed by atoms with Gasteiger partial charge in [0.05, 0.1) is 42.8 Å². The highest BCUT2D eigenvalue weighted by Crippen LogP contribution is 2.42. The third kappa shape index (κ3) is 4.06. The van der Waals surface area contributed by atoms with Crippen molar-refractivity contribution in [2.45, 2.75) is 0 Å². The van der Waals surface area contributed by atoms with E-state index in [-0.39, 0.29) is 25.7 Å². The lowest BCUT2D eigenvalue weighted by atomic mass is 9.94. The molecule has 0 saturated carbocycles. The Labute approximate surface area is 191 Å². The summed E-state index contributed by atoms with van der Waals surface area (Å²) in [6, 6.07) is 6.08. The molecule has 0 spiro atoms. The number of aromatic nitrogens is 1. The van der Waals surface area contributed by atoms with Crippen LogP contribution in [0.4, 0.5) is 0 Å². The topological polar surface area (TPSA) is 39.2 Å². The van der Waals surface area contributed by atoms with E-state index in [1.807, 2.05) is 0 Å². The number of carbonyl (C=O) groups is 1. The van der Waals surface area contributed by atoms with Crippen LogP contribution in [0.1, 0.15) is 10.4 Å². The molecule has 0 aliphatic heterocycles. The maximum Gasteiger partial charge on any atom is 0.339 e. The fourth-order valence-electron chi connectivity index (χ4n) is 2.65. The van der Waals surface area contributed by atoms with Crippen molar-refractivity contribution < 1.29 is 9.53 Å². The van der Waals surface area contributed by atoms with Crippen LogP contribution >= 0.6 is 69.6 Å². The number of carbonyl (C=O) groups excluding carboxylic acids is 1. The van der Waals surface area contributed by atoms with E-state index in [1.165, 1.54) is 31.6 Å². The molecule has 0 radical (unpaired) electrons. The SMILES string of the molecule is COC(=O)c1c(-c2cc(Cl)c(Cl)cc2Cl)cncc1-c1cc(Cl)c(Cl)cc1Cl. The summed E-state index contributed by atoms with van der Waals surface area (Å²) in [5.74, 6) is -0.614. The molecule has 3 aromatic rings. The quantitative estimate of drug-likeness (QED) is 0.272. The first-order chi connectivity index (χ1) is 13.2.